The zero-order valence-electron chi connectivity index (χ0n) is 9.60. The zero-order chi connectivity index (χ0) is 15.0. The van der Waals surface area contributed by atoms with Crippen LogP contribution >= 0.6 is 15.9 Å². The van der Waals surface area contributed by atoms with Crippen LogP contribution in [0, 0.1) is 29.1 Å². The van der Waals surface area contributed by atoms with Crippen LogP contribution in [-0.4, -0.2) is 5.11 Å². The molecule has 0 aliphatic heterocycles. The summed E-state index contributed by atoms with van der Waals surface area (Å²) in [5.41, 5.74) is -1.29. The second kappa shape index (κ2) is 5.49. The van der Waals surface area contributed by atoms with Gasteiger partial charge in [0.25, 0.3) is 0 Å². The molecule has 0 aliphatic carbocycles. The maximum atomic E-state index is 13.8. The lowest BCUT2D eigenvalue weighted by Crippen LogP contribution is -2.08. The summed E-state index contributed by atoms with van der Waals surface area (Å²) >= 11 is 2.80. The number of hydrogen-bond acceptors (Lipinski definition) is 1. The molecule has 0 aromatic heterocycles. The normalized spacial score (nSPS) is 12.6. The van der Waals surface area contributed by atoms with Gasteiger partial charge in [-0.05, 0) is 45.8 Å². The van der Waals surface area contributed by atoms with E-state index < -0.39 is 46.3 Å². The van der Waals surface area contributed by atoms with Gasteiger partial charge in [-0.2, -0.15) is 0 Å². The Labute approximate surface area is 118 Å². The van der Waals surface area contributed by atoms with Crippen LogP contribution in [0.25, 0.3) is 0 Å². The number of halogens is 6. The zero-order valence-corrected chi connectivity index (χ0v) is 11.2. The van der Waals surface area contributed by atoms with Crippen molar-refractivity contribution >= 4 is 15.9 Å². The van der Waals surface area contributed by atoms with Crippen molar-refractivity contribution < 1.29 is 27.1 Å². The Kier molecular flexibility index (Phi) is 4.10. The molecule has 2 rings (SSSR count). The lowest BCUT2D eigenvalue weighted by atomic mass is 10.00. The molecule has 0 amide bonds. The van der Waals surface area contributed by atoms with Crippen molar-refractivity contribution in [1.29, 1.82) is 0 Å². The van der Waals surface area contributed by atoms with Crippen molar-refractivity contribution in [2.45, 2.75) is 6.10 Å². The first-order chi connectivity index (χ1) is 9.32. The molecule has 106 valence electrons. The van der Waals surface area contributed by atoms with E-state index in [4.69, 9.17) is 0 Å². The molecule has 0 saturated heterocycles. The van der Waals surface area contributed by atoms with Gasteiger partial charge in [-0.1, -0.05) is 0 Å². The van der Waals surface area contributed by atoms with Gasteiger partial charge in [-0.15, -0.1) is 0 Å². The number of benzene rings is 2. The van der Waals surface area contributed by atoms with Crippen LogP contribution in [0.15, 0.2) is 28.7 Å². The van der Waals surface area contributed by atoms with E-state index in [0.717, 1.165) is 12.1 Å². The van der Waals surface area contributed by atoms with E-state index in [9.17, 15) is 27.1 Å². The molecule has 2 aromatic carbocycles. The van der Waals surface area contributed by atoms with Crippen LogP contribution in [0.3, 0.4) is 0 Å². The highest BCUT2D eigenvalue weighted by atomic mass is 79.9. The predicted octanol–water partition coefficient (Wildman–Crippen LogP) is 4.23. The summed E-state index contributed by atoms with van der Waals surface area (Å²) in [5, 5.41) is 9.86. The molecule has 1 N–H and O–H groups in total. The predicted molar refractivity (Wildman–Crippen MR) is 64.4 cm³/mol. The summed E-state index contributed by atoms with van der Waals surface area (Å²) < 4.78 is 66.2. The molecule has 20 heavy (non-hydrogen) atoms. The quantitative estimate of drug-likeness (QED) is 0.487. The Hall–Kier alpha value is -1.47. The lowest BCUT2D eigenvalue weighted by molar-refractivity contribution is 0.207. The first-order valence-electron chi connectivity index (χ1n) is 5.28. The highest BCUT2D eigenvalue weighted by molar-refractivity contribution is 9.10. The van der Waals surface area contributed by atoms with Crippen molar-refractivity contribution in [3.63, 3.8) is 0 Å². The third-order valence-corrected chi connectivity index (χ3v) is 3.29. The molecule has 1 unspecified atom stereocenters. The molecule has 0 aliphatic rings. The van der Waals surface area contributed by atoms with Crippen LogP contribution < -0.4 is 0 Å². The molecular formula is C13H6BrF5O. The average Bonchev–Trinajstić information content (AvgIpc) is 2.40. The molecule has 0 spiro atoms. The van der Waals surface area contributed by atoms with Crippen LogP contribution in [0.2, 0.25) is 0 Å². The van der Waals surface area contributed by atoms with Gasteiger partial charge in [-0.25, -0.2) is 22.0 Å². The van der Waals surface area contributed by atoms with Crippen molar-refractivity contribution in [2.75, 3.05) is 0 Å². The number of aliphatic hydroxyl groups excluding tert-OH is 1. The molecule has 2 aromatic rings. The summed E-state index contributed by atoms with van der Waals surface area (Å²) in [6, 6.07) is 2.90. The largest absolute Gasteiger partial charge is 0.383 e. The van der Waals surface area contributed by atoms with Crippen molar-refractivity contribution in [2.24, 2.45) is 0 Å². The maximum Gasteiger partial charge on any atom is 0.194 e. The van der Waals surface area contributed by atoms with E-state index in [1.54, 1.807) is 0 Å². The van der Waals surface area contributed by atoms with E-state index in [-0.39, 0.29) is 4.47 Å². The SMILES string of the molecule is OC(c1cc(F)c(F)c(F)c1)c1c(F)ccc(Br)c1F. The second-order valence-corrected chi connectivity index (χ2v) is 4.81. The fourth-order valence-corrected chi connectivity index (χ4v) is 2.04. The van der Waals surface area contributed by atoms with Crippen LogP contribution in [0.5, 0.6) is 0 Å². The minimum Gasteiger partial charge on any atom is -0.383 e. The molecule has 0 heterocycles. The van der Waals surface area contributed by atoms with Gasteiger partial charge in [0, 0.05) is 0 Å². The second-order valence-electron chi connectivity index (χ2n) is 3.96. The van der Waals surface area contributed by atoms with Crippen LogP contribution in [0.1, 0.15) is 17.2 Å². The minimum atomic E-state index is -1.97. The Morgan fingerprint density at radius 2 is 1.40 bits per heavy atom. The first-order valence-corrected chi connectivity index (χ1v) is 6.08. The topological polar surface area (TPSA) is 20.2 Å². The molecular weight excluding hydrogens is 347 g/mol. The van der Waals surface area contributed by atoms with Gasteiger partial charge >= 0.3 is 0 Å². The summed E-state index contributed by atoms with van der Waals surface area (Å²) in [4.78, 5) is 0. The van der Waals surface area contributed by atoms with Gasteiger partial charge in [-0.3, -0.25) is 0 Å². The summed E-state index contributed by atoms with van der Waals surface area (Å²) in [5.74, 6) is -7.05. The van der Waals surface area contributed by atoms with Gasteiger partial charge < -0.3 is 5.11 Å². The van der Waals surface area contributed by atoms with E-state index in [1.165, 1.54) is 0 Å². The average molecular weight is 353 g/mol. The molecule has 0 fully saturated rings. The third kappa shape index (κ3) is 2.55. The monoisotopic (exact) mass is 352 g/mol. The van der Waals surface area contributed by atoms with Crippen LogP contribution in [0.4, 0.5) is 22.0 Å². The molecule has 7 heteroatoms. The Morgan fingerprint density at radius 3 is 1.95 bits per heavy atom. The van der Waals surface area contributed by atoms with Crippen molar-refractivity contribution in [1.82, 2.24) is 0 Å². The minimum absolute atomic E-state index is 0.129. The van der Waals surface area contributed by atoms with Gasteiger partial charge in [0.2, 0.25) is 0 Å². The standard InChI is InChI=1S/C13H6BrF5O/c14-6-1-2-7(15)10(11(6)18)13(20)5-3-8(16)12(19)9(17)4-5/h1-4,13,20H. The van der Waals surface area contributed by atoms with Gasteiger partial charge in [0.05, 0.1) is 10.0 Å². The summed E-state index contributed by atoms with van der Waals surface area (Å²) in [6.45, 7) is 0. The highest BCUT2D eigenvalue weighted by Crippen LogP contribution is 2.31. The maximum absolute atomic E-state index is 13.8. The summed E-state index contributed by atoms with van der Waals surface area (Å²) in [7, 11) is 0. The molecule has 1 nitrogen and oxygen atoms in total. The van der Waals surface area contributed by atoms with Gasteiger partial charge in [0.15, 0.2) is 17.5 Å². The fourth-order valence-electron chi connectivity index (χ4n) is 1.69. The molecule has 0 radical (unpaired) electrons. The number of aliphatic hydroxyl groups is 1. The fraction of sp³-hybridized carbons (Fsp3) is 0.0769. The molecule has 0 saturated carbocycles. The highest BCUT2D eigenvalue weighted by Gasteiger charge is 2.24. The number of hydrogen-bond donors (Lipinski definition) is 1. The van der Waals surface area contributed by atoms with Crippen LogP contribution in [-0.2, 0) is 0 Å². The van der Waals surface area contributed by atoms with E-state index in [1.807, 2.05) is 0 Å². The number of rotatable bonds is 2. The first kappa shape index (κ1) is 14.9. The Balaban J connectivity index is 2.57. The third-order valence-electron chi connectivity index (χ3n) is 2.67. The van der Waals surface area contributed by atoms with Gasteiger partial charge in [0.1, 0.15) is 17.7 Å². The Morgan fingerprint density at radius 1 is 0.850 bits per heavy atom. The molecule has 1 atom stereocenters. The Bertz CT molecular complexity index is 651. The smallest absolute Gasteiger partial charge is 0.194 e. The van der Waals surface area contributed by atoms with E-state index in [2.05, 4.69) is 15.9 Å². The summed E-state index contributed by atoms with van der Waals surface area (Å²) in [6.07, 6.45) is -1.97. The van der Waals surface area contributed by atoms with E-state index >= 15 is 0 Å². The van der Waals surface area contributed by atoms with E-state index in [0.29, 0.717) is 12.1 Å². The molecule has 0 bridgehead atoms. The van der Waals surface area contributed by atoms with Crippen molar-refractivity contribution in [3.05, 3.63) is 69.0 Å². The van der Waals surface area contributed by atoms with Crippen molar-refractivity contribution in [3.8, 4) is 0 Å². The lowest BCUT2D eigenvalue weighted by Gasteiger charge is -2.14.